The predicted octanol–water partition coefficient (Wildman–Crippen LogP) is 3.57. The van der Waals surface area contributed by atoms with E-state index in [4.69, 9.17) is 23.2 Å². The van der Waals surface area contributed by atoms with Crippen LogP contribution in [0.2, 0.25) is 10.0 Å². The highest BCUT2D eigenvalue weighted by molar-refractivity contribution is 6.34. The molecule has 1 N–H and O–H groups in total. The average Bonchev–Trinajstić information content (AvgIpc) is 2.24. The van der Waals surface area contributed by atoms with Crippen molar-refractivity contribution in [3.8, 4) is 0 Å². The van der Waals surface area contributed by atoms with E-state index in [-0.39, 0.29) is 5.91 Å². The Morgan fingerprint density at radius 1 is 1.35 bits per heavy atom. The maximum Gasteiger partial charge on any atom is 0.230 e. The number of carbonyl (C=O) groups is 1. The van der Waals surface area contributed by atoms with Crippen molar-refractivity contribution in [1.82, 2.24) is 5.32 Å². The van der Waals surface area contributed by atoms with Gasteiger partial charge in [0, 0.05) is 16.6 Å². The minimum Gasteiger partial charge on any atom is -0.352 e. The number of nitrogens with one attached hydrogen (secondary N) is 1. The summed E-state index contributed by atoms with van der Waals surface area (Å²) in [7, 11) is 0. The first-order chi connectivity index (χ1) is 7.87. The maximum absolute atomic E-state index is 12.0. The molecule has 1 aromatic carbocycles. The monoisotopic (exact) mass is 271 g/mol. The van der Waals surface area contributed by atoms with E-state index in [2.05, 4.69) is 11.9 Å². The summed E-state index contributed by atoms with van der Waals surface area (Å²) in [5, 5.41) is 3.82. The van der Waals surface area contributed by atoms with Crippen LogP contribution in [0.3, 0.4) is 0 Å². The van der Waals surface area contributed by atoms with Crippen molar-refractivity contribution in [3.63, 3.8) is 0 Å². The van der Waals surface area contributed by atoms with Crippen LogP contribution in [0.25, 0.3) is 0 Å². The Hall–Kier alpha value is -0.990. The fourth-order valence-electron chi connectivity index (χ4n) is 1.43. The fourth-order valence-corrected chi connectivity index (χ4v) is 1.96. The molecule has 0 aliphatic carbocycles. The Bertz CT molecular complexity index is 421. The van der Waals surface area contributed by atoms with Gasteiger partial charge in [0.05, 0.1) is 5.41 Å². The number of hydrogen-bond donors (Lipinski definition) is 1. The predicted molar refractivity (Wildman–Crippen MR) is 72.7 cm³/mol. The standard InChI is InChI=1S/C13H15Cl2NO/c1-4-5-16-12(17)13(2,3)9-6-10(14)8-11(15)7-9/h4,6-8H,1,5H2,2-3H3,(H,16,17). The topological polar surface area (TPSA) is 29.1 Å². The number of halogens is 2. The third kappa shape index (κ3) is 3.48. The van der Waals surface area contributed by atoms with E-state index in [1.54, 1.807) is 24.3 Å². The summed E-state index contributed by atoms with van der Waals surface area (Å²) in [6.07, 6.45) is 1.64. The van der Waals surface area contributed by atoms with Gasteiger partial charge in [-0.3, -0.25) is 4.79 Å². The molecule has 0 aliphatic rings. The Kier molecular flexibility index (Phi) is 4.61. The first-order valence-corrected chi connectivity index (χ1v) is 5.99. The SMILES string of the molecule is C=CCNC(=O)C(C)(C)c1cc(Cl)cc(Cl)c1. The normalized spacial score (nSPS) is 11.1. The average molecular weight is 272 g/mol. The lowest BCUT2D eigenvalue weighted by molar-refractivity contribution is -0.125. The van der Waals surface area contributed by atoms with Crippen molar-refractivity contribution in [3.05, 3.63) is 46.5 Å². The van der Waals surface area contributed by atoms with Gasteiger partial charge in [-0.2, -0.15) is 0 Å². The molecule has 0 saturated carbocycles. The molecule has 1 amide bonds. The zero-order chi connectivity index (χ0) is 13.1. The second kappa shape index (κ2) is 5.56. The zero-order valence-electron chi connectivity index (χ0n) is 9.89. The van der Waals surface area contributed by atoms with E-state index in [0.717, 1.165) is 5.56 Å². The van der Waals surface area contributed by atoms with E-state index in [0.29, 0.717) is 16.6 Å². The lowest BCUT2D eigenvalue weighted by Crippen LogP contribution is -2.40. The van der Waals surface area contributed by atoms with Crippen LogP contribution in [-0.4, -0.2) is 12.5 Å². The van der Waals surface area contributed by atoms with Crippen molar-refractivity contribution in [1.29, 1.82) is 0 Å². The molecule has 2 nitrogen and oxygen atoms in total. The molecule has 0 unspecified atom stereocenters. The molecule has 0 radical (unpaired) electrons. The zero-order valence-corrected chi connectivity index (χ0v) is 11.4. The van der Waals surface area contributed by atoms with Crippen LogP contribution in [0.15, 0.2) is 30.9 Å². The van der Waals surface area contributed by atoms with E-state index in [1.165, 1.54) is 0 Å². The van der Waals surface area contributed by atoms with Crippen LogP contribution in [0.1, 0.15) is 19.4 Å². The van der Waals surface area contributed by atoms with Crippen molar-refractivity contribution >= 4 is 29.1 Å². The van der Waals surface area contributed by atoms with Gasteiger partial charge in [0.2, 0.25) is 5.91 Å². The summed E-state index contributed by atoms with van der Waals surface area (Å²) in [5.41, 5.74) is 0.105. The first-order valence-electron chi connectivity index (χ1n) is 5.23. The lowest BCUT2D eigenvalue weighted by Gasteiger charge is -2.24. The Labute approximate surface area is 112 Å². The van der Waals surface area contributed by atoms with Gasteiger partial charge in [-0.25, -0.2) is 0 Å². The van der Waals surface area contributed by atoms with Crippen LogP contribution in [0.5, 0.6) is 0 Å². The molecule has 1 rings (SSSR count). The van der Waals surface area contributed by atoms with Crippen LogP contribution >= 0.6 is 23.2 Å². The summed E-state index contributed by atoms with van der Waals surface area (Å²) < 4.78 is 0. The van der Waals surface area contributed by atoms with E-state index < -0.39 is 5.41 Å². The number of carbonyl (C=O) groups excluding carboxylic acids is 1. The summed E-state index contributed by atoms with van der Waals surface area (Å²) in [5.74, 6) is -0.0873. The minimum absolute atomic E-state index is 0.0873. The maximum atomic E-state index is 12.0. The number of hydrogen-bond acceptors (Lipinski definition) is 1. The molecular weight excluding hydrogens is 257 g/mol. The summed E-state index contributed by atoms with van der Waals surface area (Å²) in [6.45, 7) is 7.65. The molecule has 1 aromatic rings. The highest BCUT2D eigenvalue weighted by Gasteiger charge is 2.29. The van der Waals surface area contributed by atoms with Crippen molar-refractivity contribution in [2.75, 3.05) is 6.54 Å². The first kappa shape index (κ1) is 14.1. The highest BCUT2D eigenvalue weighted by atomic mass is 35.5. The molecular formula is C13H15Cl2NO. The smallest absolute Gasteiger partial charge is 0.230 e. The molecule has 0 atom stereocenters. The summed E-state index contributed by atoms with van der Waals surface area (Å²) >= 11 is 11.9. The van der Waals surface area contributed by atoms with Gasteiger partial charge in [-0.1, -0.05) is 29.3 Å². The highest BCUT2D eigenvalue weighted by Crippen LogP contribution is 2.29. The molecule has 0 saturated heterocycles. The lowest BCUT2D eigenvalue weighted by atomic mass is 9.83. The second-order valence-electron chi connectivity index (χ2n) is 4.28. The molecule has 92 valence electrons. The molecule has 0 bridgehead atoms. The van der Waals surface area contributed by atoms with Crippen LogP contribution in [0.4, 0.5) is 0 Å². The molecule has 17 heavy (non-hydrogen) atoms. The van der Waals surface area contributed by atoms with Crippen molar-refractivity contribution < 1.29 is 4.79 Å². The second-order valence-corrected chi connectivity index (χ2v) is 5.15. The third-order valence-corrected chi connectivity index (χ3v) is 3.00. The van der Waals surface area contributed by atoms with Crippen LogP contribution in [0, 0.1) is 0 Å². The summed E-state index contributed by atoms with van der Waals surface area (Å²) in [4.78, 5) is 12.0. The van der Waals surface area contributed by atoms with Gasteiger partial charge in [-0.05, 0) is 37.6 Å². The van der Waals surface area contributed by atoms with E-state index in [1.807, 2.05) is 13.8 Å². The Morgan fingerprint density at radius 3 is 2.35 bits per heavy atom. The Balaban J connectivity index is 3.02. The van der Waals surface area contributed by atoms with Crippen LogP contribution < -0.4 is 5.32 Å². The van der Waals surface area contributed by atoms with Gasteiger partial charge >= 0.3 is 0 Å². The van der Waals surface area contributed by atoms with Crippen molar-refractivity contribution in [2.24, 2.45) is 0 Å². The van der Waals surface area contributed by atoms with Crippen molar-refractivity contribution in [2.45, 2.75) is 19.3 Å². The van der Waals surface area contributed by atoms with E-state index in [9.17, 15) is 4.79 Å². The number of rotatable bonds is 4. The molecule has 4 heteroatoms. The van der Waals surface area contributed by atoms with Gasteiger partial charge < -0.3 is 5.32 Å². The van der Waals surface area contributed by atoms with Crippen LogP contribution in [-0.2, 0) is 10.2 Å². The van der Waals surface area contributed by atoms with E-state index >= 15 is 0 Å². The van der Waals surface area contributed by atoms with Gasteiger partial charge in [0.25, 0.3) is 0 Å². The largest absolute Gasteiger partial charge is 0.352 e. The molecule has 0 aromatic heterocycles. The third-order valence-electron chi connectivity index (χ3n) is 2.56. The summed E-state index contributed by atoms with van der Waals surface area (Å²) in [6, 6.07) is 5.15. The minimum atomic E-state index is -0.683. The molecule has 0 heterocycles. The Morgan fingerprint density at radius 2 is 1.88 bits per heavy atom. The molecule has 0 spiro atoms. The van der Waals surface area contributed by atoms with Gasteiger partial charge in [0.1, 0.15) is 0 Å². The molecule has 0 fully saturated rings. The van der Waals surface area contributed by atoms with Gasteiger partial charge in [-0.15, -0.1) is 6.58 Å². The fraction of sp³-hybridized carbons (Fsp3) is 0.308. The van der Waals surface area contributed by atoms with Gasteiger partial charge in [0.15, 0.2) is 0 Å². The number of amides is 1. The quantitative estimate of drug-likeness (QED) is 0.834. The molecule has 0 aliphatic heterocycles. The number of benzene rings is 1.